The zero-order chi connectivity index (χ0) is 16.8. The van der Waals surface area contributed by atoms with Crippen molar-refractivity contribution in [2.24, 2.45) is 7.05 Å². The summed E-state index contributed by atoms with van der Waals surface area (Å²) in [7, 11) is 3.97. The Bertz CT molecular complexity index is 784. The number of nitrogens with zero attached hydrogens (tertiary/aromatic N) is 4. The van der Waals surface area contributed by atoms with E-state index in [2.05, 4.69) is 17.1 Å². The zero-order valence-electron chi connectivity index (χ0n) is 14.1. The van der Waals surface area contributed by atoms with E-state index in [1.165, 1.54) is 0 Å². The molecule has 5 heteroatoms. The van der Waals surface area contributed by atoms with Gasteiger partial charge in [0.25, 0.3) is 0 Å². The van der Waals surface area contributed by atoms with Gasteiger partial charge in [0, 0.05) is 19.4 Å². The summed E-state index contributed by atoms with van der Waals surface area (Å²) < 4.78 is 1.98. The quantitative estimate of drug-likeness (QED) is 0.495. The first-order valence-electron chi connectivity index (χ1n) is 7.69. The number of hydrogen-bond donors (Lipinski definition) is 0. The first-order valence-corrected chi connectivity index (χ1v) is 7.69. The van der Waals surface area contributed by atoms with Gasteiger partial charge >= 0.3 is 20.1 Å². The average molecular weight is 508 g/mol. The summed E-state index contributed by atoms with van der Waals surface area (Å²) >= 11 is 0. The van der Waals surface area contributed by atoms with Crippen LogP contribution in [0.3, 0.4) is 0 Å². The molecular weight excluding hydrogens is 488 g/mol. The molecule has 4 rings (SSSR count). The van der Waals surface area contributed by atoms with Gasteiger partial charge < -0.3 is 14.4 Å². The number of aryl methyl sites for hydroxylation is 1. The predicted molar refractivity (Wildman–Crippen MR) is 96.4 cm³/mol. The van der Waals surface area contributed by atoms with E-state index in [1.54, 1.807) is 6.20 Å². The van der Waals surface area contributed by atoms with E-state index in [-0.39, 0.29) is 20.1 Å². The number of para-hydroxylation sites is 1. The van der Waals surface area contributed by atoms with Crippen LogP contribution in [0.1, 0.15) is 0 Å². The average Bonchev–Trinajstić information content (AvgIpc) is 3.25. The van der Waals surface area contributed by atoms with Crippen LogP contribution in [0.5, 0.6) is 0 Å². The fourth-order valence-corrected chi connectivity index (χ4v) is 2.29. The molecule has 3 aromatic rings. The van der Waals surface area contributed by atoms with Crippen LogP contribution >= 0.6 is 0 Å². The van der Waals surface area contributed by atoms with Gasteiger partial charge in [0.05, 0.1) is 5.82 Å². The van der Waals surface area contributed by atoms with Gasteiger partial charge in [0.1, 0.15) is 0 Å². The Labute approximate surface area is 162 Å². The zero-order valence-corrected chi connectivity index (χ0v) is 16.5. The number of benzene rings is 2. The van der Waals surface area contributed by atoms with E-state index in [0.717, 1.165) is 17.1 Å². The van der Waals surface area contributed by atoms with Gasteiger partial charge in [0.2, 0.25) is 0 Å². The van der Waals surface area contributed by atoms with Crippen molar-refractivity contribution in [3.05, 3.63) is 92.1 Å². The van der Waals surface area contributed by atoms with E-state index in [1.807, 2.05) is 102 Å². The van der Waals surface area contributed by atoms with Gasteiger partial charge in [0.15, 0.2) is 0 Å². The van der Waals surface area contributed by atoms with Gasteiger partial charge in [-0.15, -0.1) is 41.6 Å². The molecule has 1 aliphatic rings. The van der Waals surface area contributed by atoms with Crippen LogP contribution in [0.2, 0.25) is 0 Å². The van der Waals surface area contributed by atoms with Crippen LogP contribution in [0.15, 0.2) is 73.3 Å². The van der Waals surface area contributed by atoms with Gasteiger partial charge in [-0.25, -0.2) is 0 Å². The monoisotopic (exact) mass is 508 g/mol. The van der Waals surface area contributed by atoms with Crippen molar-refractivity contribution >= 4 is 5.69 Å². The number of hydrogen-bond acceptors (Lipinski definition) is 3. The molecule has 0 fully saturated rings. The molecule has 0 atom stereocenters. The molecule has 0 N–H and O–H groups in total. The Morgan fingerprint density at radius 3 is 2.24 bits per heavy atom. The Balaban J connectivity index is 0.000000173. The molecule has 0 saturated heterocycles. The maximum absolute atomic E-state index is 4.22. The minimum atomic E-state index is 0. The van der Waals surface area contributed by atoms with Gasteiger partial charge in [-0.2, -0.15) is 37.0 Å². The second-order valence-corrected chi connectivity index (χ2v) is 5.37. The molecule has 128 valence electrons. The van der Waals surface area contributed by atoms with Crippen molar-refractivity contribution in [1.29, 1.82) is 0 Å². The summed E-state index contributed by atoms with van der Waals surface area (Å²) in [5.74, 6) is 0.954. The molecule has 2 heterocycles. The number of aromatic nitrogens is 2. The van der Waals surface area contributed by atoms with Crippen molar-refractivity contribution in [1.82, 2.24) is 14.5 Å². The topological polar surface area (TPSA) is 24.3 Å². The summed E-state index contributed by atoms with van der Waals surface area (Å²) in [6.07, 6.45) is 7.72. The summed E-state index contributed by atoms with van der Waals surface area (Å²) in [5, 5.41) is 0. The standard InChI is InChI=1S/C10H10N2.C10H9N2.Ir/c1-11-7-8-12(9-11)10-5-3-2-4-6-10;1-12-8-7-11-10(12)9-5-3-2-4-6-9;/h2-5,7-9H,1H3;2-5,7-8H,1H3;/q-2;-1;+3. The van der Waals surface area contributed by atoms with Gasteiger partial charge in [-0.1, -0.05) is 0 Å². The molecule has 1 aromatic heterocycles. The van der Waals surface area contributed by atoms with E-state index in [4.69, 9.17) is 0 Å². The smallest absolute Gasteiger partial charge is 0.510 e. The van der Waals surface area contributed by atoms with Crippen molar-refractivity contribution in [3.63, 3.8) is 0 Å². The third-order valence-corrected chi connectivity index (χ3v) is 3.51. The van der Waals surface area contributed by atoms with Crippen molar-refractivity contribution in [2.45, 2.75) is 0 Å². The maximum atomic E-state index is 4.22. The van der Waals surface area contributed by atoms with Crippen LogP contribution in [-0.4, -0.2) is 21.5 Å². The van der Waals surface area contributed by atoms with Crippen LogP contribution in [0.4, 0.5) is 5.69 Å². The van der Waals surface area contributed by atoms with Crippen molar-refractivity contribution in [2.75, 3.05) is 11.9 Å². The number of imidazole rings is 1. The number of anilines is 1. The van der Waals surface area contributed by atoms with Crippen LogP contribution < -0.4 is 4.90 Å². The second kappa shape index (κ2) is 9.21. The predicted octanol–water partition coefficient (Wildman–Crippen LogP) is 3.71. The SMILES string of the molecule is CN1C=CN(c2[c-]cccc2)[CH-]1.Cn1ccnc1-c1[c-]cccc1.[Ir+3]. The molecule has 0 unspecified atom stereocenters. The Morgan fingerprint density at radius 2 is 1.72 bits per heavy atom. The fraction of sp³-hybridized carbons (Fsp3) is 0.100. The number of rotatable bonds is 2. The normalized spacial score (nSPS) is 12.4. The van der Waals surface area contributed by atoms with E-state index >= 15 is 0 Å². The Hall–Kier alpha value is -2.36. The van der Waals surface area contributed by atoms with Crippen LogP contribution in [-0.2, 0) is 27.2 Å². The molecule has 0 aliphatic carbocycles. The molecule has 0 radical (unpaired) electrons. The summed E-state index contributed by atoms with van der Waals surface area (Å²) in [6.45, 7) is 2.01. The molecule has 1 aliphatic heterocycles. The maximum Gasteiger partial charge on any atom is 3.00 e. The molecule has 25 heavy (non-hydrogen) atoms. The largest absolute Gasteiger partial charge is 3.00 e. The summed E-state index contributed by atoms with van der Waals surface area (Å²) in [5.41, 5.74) is 2.10. The van der Waals surface area contributed by atoms with E-state index < -0.39 is 0 Å². The Kier molecular flexibility index (Phi) is 6.99. The molecular formula is C20H19IrN4. The third kappa shape index (κ3) is 5.05. The van der Waals surface area contributed by atoms with Gasteiger partial charge in [-0.3, -0.25) is 4.98 Å². The minimum Gasteiger partial charge on any atom is -0.510 e. The fourth-order valence-electron chi connectivity index (χ4n) is 2.29. The molecule has 0 bridgehead atoms. The van der Waals surface area contributed by atoms with Crippen molar-refractivity contribution < 1.29 is 20.1 Å². The molecule has 0 spiro atoms. The first kappa shape index (κ1) is 19.0. The first-order chi connectivity index (χ1) is 11.7. The van der Waals surface area contributed by atoms with E-state index in [9.17, 15) is 0 Å². The minimum absolute atomic E-state index is 0. The third-order valence-electron chi connectivity index (χ3n) is 3.51. The Morgan fingerprint density at radius 1 is 0.960 bits per heavy atom. The van der Waals surface area contributed by atoms with E-state index in [0.29, 0.717) is 0 Å². The summed E-state index contributed by atoms with van der Waals surface area (Å²) in [4.78, 5) is 8.25. The molecule has 2 aromatic carbocycles. The summed E-state index contributed by atoms with van der Waals surface area (Å²) in [6, 6.07) is 22.0. The van der Waals surface area contributed by atoms with Gasteiger partial charge in [-0.05, 0) is 19.4 Å². The van der Waals surface area contributed by atoms with Crippen LogP contribution in [0, 0.1) is 18.8 Å². The molecule has 0 amide bonds. The second-order valence-electron chi connectivity index (χ2n) is 5.37. The van der Waals surface area contributed by atoms with Crippen LogP contribution in [0.25, 0.3) is 11.4 Å². The van der Waals surface area contributed by atoms with Crippen molar-refractivity contribution in [3.8, 4) is 11.4 Å². The molecule has 4 nitrogen and oxygen atoms in total. The molecule has 0 saturated carbocycles.